The van der Waals surface area contributed by atoms with Crippen LogP contribution in [0.4, 0.5) is 0 Å². The molecule has 0 heterocycles. The van der Waals surface area contributed by atoms with Gasteiger partial charge in [-0.25, -0.2) is 0 Å². The molecule has 0 aliphatic heterocycles. The topological polar surface area (TPSA) is 0 Å². The molecule has 4 atom stereocenters. The minimum absolute atomic E-state index is 0.478. The Kier molecular flexibility index (Phi) is 5.02. The summed E-state index contributed by atoms with van der Waals surface area (Å²) in [6.45, 7) is 20.8. The smallest absolute Gasteiger partial charge is 0.0135 e. The van der Waals surface area contributed by atoms with Gasteiger partial charge in [-0.15, -0.1) is 0 Å². The lowest BCUT2D eigenvalue weighted by molar-refractivity contribution is 0.378. The van der Waals surface area contributed by atoms with Crippen LogP contribution in [0.1, 0.15) is 58.6 Å². The zero-order valence-electron chi connectivity index (χ0n) is 16.9. The van der Waals surface area contributed by atoms with E-state index in [2.05, 4.69) is 72.0 Å². The lowest BCUT2D eigenvalue weighted by Crippen LogP contribution is -2.18. The van der Waals surface area contributed by atoms with Crippen molar-refractivity contribution in [2.75, 3.05) is 0 Å². The summed E-state index contributed by atoms with van der Waals surface area (Å²) in [5.74, 6) is 3.58. The van der Waals surface area contributed by atoms with Crippen LogP contribution >= 0.6 is 0 Å². The molecular formula is C25H36. The van der Waals surface area contributed by atoms with Gasteiger partial charge in [0, 0.05) is 0 Å². The molecule has 0 saturated heterocycles. The van der Waals surface area contributed by atoms with Crippen LogP contribution in [-0.4, -0.2) is 0 Å². The van der Waals surface area contributed by atoms with E-state index in [0.29, 0.717) is 17.3 Å². The number of hydrogen-bond donors (Lipinski definition) is 0. The molecule has 0 bridgehead atoms. The molecule has 0 amide bonds. The molecule has 3 rings (SSSR count). The SMILES string of the molecule is C=C(CC(C(=C)C)C1C(CC)C1(C)C)C(C)C1Cc2ccccc2C1. The van der Waals surface area contributed by atoms with Gasteiger partial charge in [0.1, 0.15) is 0 Å². The molecule has 0 N–H and O–H groups in total. The van der Waals surface area contributed by atoms with Crippen molar-refractivity contribution in [3.63, 3.8) is 0 Å². The highest BCUT2D eigenvalue weighted by Gasteiger charge is 2.59. The lowest BCUT2D eigenvalue weighted by Gasteiger charge is -2.27. The van der Waals surface area contributed by atoms with Crippen molar-refractivity contribution in [2.45, 2.75) is 60.3 Å². The van der Waals surface area contributed by atoms with Gasteiger partial charge in [-0.3, -0.25) is 0 Å². The van der Waals surface area contributed by atoms with E-state index in [4.69, 9.17) is 0 Å². The van der Waals surface area contributed by atoms with Gasteiger partial charge in [-0.1, -0.05) is 82.7 Å². The Morgan fingerprint density at radius 1 is 1.16 bits per heavy atom. The molecule has 1 saturated carbocycles. The molecule has 0 nitrogen and oxygen atoms in total. The molecular weight excluding hydrogens is 300 g/mol. The van der Waals surface area contributed by atoms with E-state index >= 15 is 0 Å². The maximum atomic E-state index is 4.55. The van der Waals surface area contributed by atoms with Crippen molar-refractivity contribution < 1.29 is 0 Å². The summed E-state index contributed by atoms with van der Waals surface area (Å²) < 4.78 is 0. The summed E-state index contributed by atoms with van der Waals surface area (Å²) >= 11 is 0. The predicted molar refractivity (Wildman–Crippen MR) is 110 cm³/mol. The quantitative estimate of drug-likeness (QED) is 0.477. The molecule has 0 heteroatoms. The second-order valence-corrected chi connectivity index (χ2v) is 9.40. The third-order valence-electron chi connectivity index (χ3n) is 7.56. The third-order valence-corrected chi connectivity index (χ3v) is 7.56. The monoisotopic (exact) mass is 336 g/mol. The number of hydrogen-bond acceptors (Lipinski definition) is 0. The van der Waals surface area contributed by atoms with Crippen molar-refractivity contribution in [1.29, 1.82) is 0 Å². The van der Waals surface area contributed by atoms with Gasteiger partial charge in [0.15, 0.2) is 0 Å². The molecule has 0 aromatic heterocycles. The van der Waals surface area contributed by atoms with E-state index in [1.807, 2.05) is 0 Å². The molecule has 0 spiro atoms. The van der Waals surface area contributed by atoms with E-state index in [1.165, 1.54) is 30.4 Å². The average molecular weight is 337 g/mol. The van der Waals surface area contributed by atoms with Crippen LogP contribution in [-0.2, 0) is 12.8 Å². The molecule has 136 valence electrons. The average Bonchev–Trinajstić information content (AvgIpc) is 2.93. The summed E-state index contributed by atoms with van der Waals surface area (Å²) in [6.07, 6.45) is 4.87. The van der Waals surface area contributed by atoms with Crippen LogP contribution in [0.25, 0.3) is 0 Å². The minimum Gasteiger partial charge on any atom is -0.0998 e. The highest BCUT2D eigenvalue weighted by molar-refractivity contribution is 5.33. The summed E-state index contributed by atoms with van der Waals surface area (Å²) in [4.78, 5) is 0. The molecule has 1 aromatic carbocycles. The van der Waals surface area contributed by atoms with E-state index in [9.17, 15) is 0 Å². The second-order valence-electron chi connectivity index (χ2n) is 9.40. The fourth-order valence-corrected chi connectivity index (χ4v) is 5.72. The first-order valence-corrected chi connectivity index (χ1v) is 10.2. The first-order valence-electron chi connectivity index (χ1n) is 10.2. The largest absolute Gasteiger partial charge is 0.0998 e. The van der Waals surface area contributed by atoms with Crippen LogP contribution in [0.3, 0.4) is 0 Å². The maximum Gasteiger partial charge on any atom is -0.0135 e. The highest BCUT2D eigenvalue weighted by Crippen LogP contribution is 2.65. The van der Waals surface area contributed by atoms with Gasteiger partial charge in [0.25, 0.3) is 0 Å². The highest BCUT2D eigenvalue weighted by atomic mass is 14.6. The molecule has 0 radical (unpaired) electrons. The van der Waals surface area contributed by atoms with Gasteiger partial charge in [0.05, 0.1) is 0 Å². The summed E-state index contributed by atoms with van der Waals surface area (Å²) in [6, 6.07) is 8.97. The Bertz CT molecular complexity index is 637. The lowest BCUT2D eigenvalue weighted by atomic mass is 9.78. The van der Waals surface area contributed by atoms with Crippen LogP contribution in [0, 0.1) is 35.0 Å². The maximum absolute atomic E-state index is 4.55. The molecule has 1 fully saturated rings. The summed E-state index contributed by atoms with van der Waals surface area (Å²) in [5, 5.41) is 0. The van der Waals surface area contributed by atoms with Gasteiger partial charge in [0.2, 0.25) is 0 Å². The Labute approximate surface area is 155 Å². The summed E-state index contributed by atoms with van der Waals surface area (Å²) in [5.41, 5.74) is 6.39. The second kappa shape index (κ2) is 6.78. The Morgan fingerprint density at radius 3 is 2.16 bits per heavy atom. The number of allylic oxidation sites excluding steroid dienone is 2. The number of fused-ring (bicyclic) bond motifs is 1. The number of rotatable bonds is 7. The molecule has 2 aliphatic rings. The fourth-order valence-electron chi connectivity index (χ4n) is 5.72. The first-order chi connectivity index (χ1) is 11.8. The standard InChI is InChI=1S/C25H36/c1-8-23-24(25(23,6)7)22(16(2)3)13-17(4)18(5)21-14-19-11-9-10-12-20(19)15-21/h9-12,18,21-24H,2,4,8,13-15H2,1,3,5-7H3. The molecule has 1 aromatic rings. The third kappa shape index (κ3) is 3.37. The van der Waals surface area contributed by atoms with Gasteiger partial charge in [-0.2, -0.15) is 0 Å². The zero-order chi connectivity index (χ0) is 18.4. The van der Waals surface area contributed by atoms with Crippen molar-refractivity contribution in [1.82, 2.24) is 0 Å². The van der Waals surface area contributed by atoms with E-state index in [0.717, 1.165) is 24.2 Å². The van der Waals surface area contributed by atoms with E-state index in [1.54, 1.807) is 11.1 Å². The van der Waals surface area contributed by atoms with Gasteiger partial charge in [-0.05, 0) is 72.3 Å². The Morgan fingerprint density at radius 2 is 1.72 bits per heavy atom. The van der Waals surface area contributed by atoms with Crippen molar-refractivity contribution in [3.05, 3.63) is 59.7 Å². The van der Waals surface area contributed by atoms with Gasteiger partial charge >= 0.3 is 0 Å². The summed E-state index contributed by atoms with van der Waals surface area (Å²) in [7, 11) is 0. The van der Waals surface area contributed by atoms with Crippen LogP contribution in [0.5, 0.6) is 0 Å². The molecule has 4 unspecified atom stereocenters. The van der Waals surface area contributed by atoms with Crippen LogP contribution in [0.15, 0.2) is 48.6 Å². The van der Waals surface area contributed by atoms with Crippen molar-refractivity contribution in [3.8, 4) is 0 Å². The molecule has 25 heavy (non-hydrogen) atoms. The first kappa shape index (κ1) is 18.5. The Hall–Kier alpha value is -1.30. The number of benzene rings is 1. The van der Waals surface area contributed by atoms with Crippen LogP contribution < -0.4 is 0 Å². The Balaban J connectivity index is 1.66. The zero-order valence-corrected chi connectivity index (χ0v) is 16.9. The van der Waals surface area contributed by atoms with E-state index in [-0.39, 0.29) is 0 Å². The fraction of sp³-hybridized carbons (Fsp3) is 0.600. The minimum atomic E-state index is 0.478. The van der Waals surface area contributed by atoms with Gasteiger partial charge < -0.3 is 0 Å². The normalized spacial score (nSPS) is 26.8. The van der Waals surface area contributed by atoms with Crippen LogP contribution in [0.2, 0.25) is 0 Å². The van der Waals surface area contributed by atoms with E-state index < -0.39 is 0 Å². The van der Waals surface area contributed by atoms with Crippen molar-refractivity contribution >= 4 is 0 Å². The molecule has 2 aliphatic carbocycles. The predicted octanol–water partition coefficient (Wildman–Crippen LogP) is 6.86. The van der Waals surface area contributed by atoms with Crippen molar-refractivity contribution in [2.24, 2.45) is 35.0 Å².